The third kappa shape index (κ3) is 6.93. The van der Waals surface area contributed by atoms with Crippen LogP contribution in [0.2, 0.25) is 0 Å². The highest BCUT2D eigenvalue weighted by atomic mass is 19.1. The maximum absolute atomic E-state index is 15.1. The predicted molar refractivity (Wildman–Crippen MR) is 173 cm³/mol. The van der Waals surface area contributed by atoms with Gasteiger partial charge >= 0.3 is 5.97 Å². The molecule has 0 aliphatic carbocycles. The minimum atomic E-state index is -1.39. The number of fused-ring (bicyclic) bond motifs is 1. The van der Waals surface area contributed by atoms with Gasteiger partial charge in [0.15, 0.2) is 11.8 Å². The van der Waals surface area contributed by atoms with Crippen molar-refractivity contribution in [3.05, 3.63) is 124 Å². The Bertz CT molecular complexity index is 1740. The van der Waals surface area contributed by atoms with Crippen LogP contribution in [0.25, 0.3) is 0 Å². The summed E-state index contributed by atoms with van der Waals surface area (Å²) in [7, 11) is 1.88. The van der Waals surface area contributed by atoms with Gasteiger partial charge in [0.1, 0.15) is 23.5 Å². The number of ketones is 1. The summed E-state index contributed by atoms with van der Waals surface area (Å²) in [6.45, 7) is 7.13. The van der Waals surface area contributed by atoms with Crippen molar-refractivity contribution in [1.29, 1.82) is 5.26 Å². The number of Topliss-reactive ketones (excluding diaryl/α,β-unsaturated/α-hetero) is 1. The third-order valence-electron chi connectivity index (χ3n) is 7.71. The molecule has 0 amide bonds. The first kappa shape index (κ1) is 32.3. The average Bonchev–Trinajstić information content (AvgIpc) is 3.32. The van der Waals surface area contributed by atoms with E-state index in [1.165, 1.54) is 11.0 Å². The van der Waals surface area contributed by atoms with E-state index in [1.807, 2.05) is 66.5 Å². The molecule has 46 heavy (non-hydrogen) atoms. The maximum atomic E-state index is 15.1. The zero-order valence-electron chi connectivity index (χ0n) is 26.5. The lowest BCUT2D eigenvalue weighted by Crippen LogP contribution is -2.44. The number of ether oxygens (including phenoxy) is 2. The number of halogens is 1. The molecule has 0 radical (unpaired) electrons. The summed E-state index contributed by atoms with van der Waals surface area (Å²) < 4.78 is 26.3. The first-order chi connectivity index (χ1) is 22.2. The summed E-state index contributed by atoms with van der Waals surface area (Å²) in [5, 5.41) is 10.6. The molecule has 0 N–H and O–H groups in total. The molecule has 1 unspecified atom stereocenters. The molecule has 3 aromatic rings. The molecule has 0 spiro atoms. The van der Waals surface area contributed by atoms with Crippen LogP contribution in [0.4, 0.5) is 4.39 Å². The third-order valence-corrected chi connectivity index (χ3v) is 7.71. The summed E-state index contributed by atoms with van der Waals surface area (Å²) >= 11 is 0. The number of allylic oxidation sites excluding steroid dienone is 2. The van der Waals surface area contributed by atoms with Crippen molar-refractivity contribution in [3.63, 3.8) is 0 Å². The van der Waals surface area contributed by atoms with Crippen LogP contribution in [0.5, 0.6) is 5.75 Å². The monoisotopic (exact) mass is 620 g/mol. The Labute approximate surface area is 269 Å². The number of likely N-dealkylation sites (N-methyl/N-ethyl adjacent to an activating group) is 1. The van der Waals surface area contributed by atoms with E-state index >= 15 is 4.39 Å². The van der Waals surface area contributed by atoms with Crippen LogP contribution in [0, 0.1) is 23.1 Å². The molecule has 236 valence electrons. The van der Waals surface area contributed by atoms with Crippen LogP contribution in [0.15, 0.2) is 107 Å². The highest BCUT2D eigenvalue weighted by molar-refractivity contribution is 6.20. The van der Waals surface area contributed by atoms with E-state index in [0.717, 1.165) is 5.56 Å². The number of carbonyl (C=O) groups excluding carboxylic acids is 2. The molecule has 1 atom stereocenters. The number of nitrogens with zero attached hydrogens (tertiary/aromatic N) is 4. The standard InChI is InChI=1S/C37H37FN4O4/c1-5-45-37(44)34-35(43)30(22-41(4)21-25-11-7-6-8-12-25)36-40-33(26-15-17-28(18-16-26)46-23-24(2)3)29(20-39)32(42(34)36)19-27-13-9-10-14-31(27)38/h6-18,24,34H,5,19,21-23H2,1-4H3. The number of nitriles is 1. The molecule has 8 nitrogen and oxygen atoms in total. The molecular weight excluding hydrogens is 583 g/mol. The highest BCUT2D eigenvalue weighted by Gasteiger charge is 2.49. The number of hydrogen-bond donors (Lipinski definition) is 0. The van der Waals surface area contributed by atoms with Gasteiger partial charge in [-0.3, -0.25) is 9.69 Å². The van der Waals surface area contributed by atoms with Crippen LogP contribution in [0.3, 0.4) is 0 Å². The molecule has 9 heteroatoms. The van der Waals surface area contributed by atoms with Gasteiger partial charge in [0.05, 0.1) is 30.1 Å². The lowest BCUT2D eigenvalue weighted by atomic mass is 9.95. The minimum absolute atomic E-state index is 0.0516. The average molecular weight is 621 g/mol. The van der Waals surface area contributed by atoms with Crippen molar-refractivity contribution in [2.45, 2.75) is 39.8 Å². The van der Waals surface area contributed by atoms with Crippen molar-refractivity contribution < 1.29 is 23.5 Å². The van der Waals surface area contributed by atoms with Crippen molar-refractivity contribution in [1.82, 2.24) is 9.80 Å². The topological polar surface area (TPSA) is 95.2 Å². The molecule has 2 heterocycles. The molecule has 0 bridgehead atoms. The van der Waals surface area contributed by atoms with Crippen molar-refractivity contribution in [2.24, 2.45) is 10.9 Å². The fraction of sp³-hybridized carbons (Fsp3) is 0.297. The zero-order valence-corrected chi connectivity index (χ0v) is 26.5. The van der Waals surface area contributed by atoms with E-state index in [0.29, 0.717) is 52.9 Å². The Morgan fingerprint density at radius 2 is 1.74 bits per heavy atom. The number of esters is 1. The maximum Gasteiger partial charge on any atom is 0.337 e. The SMILES string of the molecule is CCOC(=O)C1C(=O)C(CN(C)Cc2ccccc2)=C2N=C(c3ccc(OCC(C)C)cc3)C(C#N)=C(Cc3ccccc3F)N21. The van der Waals surface area contributed by atoms with Crippen LogP contribution in [-0.2, 0) is 27.3 Å². The number of carbonyl (C=O) groups is 2. The number of hydrogen-bond acceptors (Lipinski definition) is 8. The zero-order chi connectivity index (χ0) is 32.8. The molecule has 0 saturated heterocycles. The van der Waals surface area contributed by atoms with Gasteiger partial charge in [-0.2, -0.15) is 5.26 Å². The molecule has 0 aromatic heterocycles. The van der Waals surface area contributed by atoms with Crippen molar-refractivity contribution in [3.8, 4) is 11.8 Å². The van der Waals surface area contributed by atoms with Crippen molar-refractivity contribution in [2.75, 3.05) is 26.8 Å². The van der Waals surface area contributed by atoms with Gasteiger partial charge in [-0.25, -0.2) is 14.2 Å². The van der Waals surface area contributed by atoms with Gasteiger partial charge in [-0.1, -0.05) is 62.4 Å². The van der Waals surface area contributed by atoms with Crippen LogP contribution >= 0.6 is 0 Å². The lowest BCUT2D eigenvalue weighted by Gasteiger charge is -2.32. The first-order valence-corrected chi connectivity index (χ1v) is 15.4. The number of benzene rings is 3. The van der Waals surface area contributed by atoms with Gasteiger partial charge in [0.2, 0.25) is 0 Å². The Morgan fingerprint density at radius 3 is 2.39 bits per heavy atom. The highest BCUT2D eigenvalue weighted by Crippen LogP contribution is 2.39. The van der Waals surface area contributed by atoms with Gasteiger partial charge in [0, 0.05) is 30.8 Å². The summed E-state index contributed by atoms with van der Waals surface area (Å²) in [6, 6.07) is 24.2. The number of aliphatic imine (C=N–C) groups is 1. The quantitative estimate of drug-likeness (QED) is 0.185. The van der Waals surface area contributed by atoms with Gasteiger partial charge < -0.3 is 14.4 Å². The molecular formula is C37H37FN4O4. The first-order valence-electron chi connectivity index (χ1n) is 15.4. The van der Waals surface area contributed by atoms with Crippen molar-refractivity contribution >= 4 is 17.5 Å². The molecule has 3 aromatic carbocycles. The second-order valence-electron chi connectivity index (χ2n) is 11.7. The summed E-state index contributed by atoms with van der Waals surface area (Å²) in [6.07, 6.45) is -0.0516. The smallest absolute Gasteiger partial charge is 0.337 e. The molecule has 0 saturated carbocycles. The van der Waals surface area contributed by atoms with E-state index in [1.54, 1.807) is 25.1 Å². The minimum Gasteiger partial charge on any atom is -0.493 e. The normalized spacial score (nSPS) is 16.1. The second-order valence-corrected chi connectivity index (χ2v) is 11.7. The Morgan fingerprint density at radius 1 is 1.04 bits per heavy atom. The van der Waals surface area contributed by atoms with Gasteiger partial charge in [-0.15, -0.1) is 0 Å². The summed E-state index contributed by atoms with van der Waals surface area (Å²) in [5.74, 6) is -0.401. The fourth-order valence-electron chi connectivity index (χ4n) is 5.58. The van der Waals surface area contributed by atoms with E-state index in [2.05, 4.69) is 19.9 Å². The molecule has 2 aliphatic rings. The van der Waals surface area contributed by atoms with E-state index in [4.69, 9.17) is 14.5 Å². The number of rotatable bonds is 12. The summed E-state index contributed by atoms with van der Waals surface area (Å²) in [4.78, 5) is 36.0. The van der Waals surface area contributed by atoms with E-state index in [-0.39, 0.29) is 31.0 Å². The van der Waals surface area contributed by atoms with E-state index < -0.39 is 23.6 Å². The van der Waals surface area contributed by atoms with Gasteiger partial charge in [-0.05, 0) is 61.3 Å². The lowest BCUT2D eigenvalue weighted by molar-refractivity contribution is -0.150. The summed E-state index contributed by atoms with van der Waals surface area (Å²) in [5.41, 5.74) is 3.08. The Kier molecular flexibility index (Phi) is 10.1. The van der Waals surface area contributed by atoms with Crippen LogP contribution < -0.4 is 4.74 Å². The Hall–Kier alpha value is -5.07. The molecule has 2 aliphatic heterocycles. The molecule has 5 rings (SSSR count). The second kappa shape index (κ2) is 14.4. The van der Waals surface area contributed by atoms with Crippen LogP contribution in [0.1, 0.15) is 37.5 Å². The largest absolute Gasteiger partial charge is 0.493 e. The fourth-order valence-corrected chi connectivity index (χ4v) is 5.58. The van der Waals surface area contributed by atoms with Crippen LogP contribution in [-0.4, -0.2) is 60.1 Å². The van der Waals surface area contributed by atoms with E-state index in [9.17, 15) is 14.9 Å². The predicted octanol–water partition coefficient (Wildman–Crippen LogP) is 5.84. The molecule has 0 fully saturated rings. The van der Waals surface area contributed by atoms with Gasteiger partial charge in [0.25, 0.3) is 0 Å². The Balaban J connectivity index is 1.65.